The molecule has 2 aromatic rings. The Balaban J connectivity index is 1.99. The van der Waals surface area contributed by atoms with Gasteiger partial charge in [-0.2, -0.15) is 22.6 Å². The van der Waals surface area contributed by atoms with E-state index in [0.29, 0.717) is 18.7 Å². The first-order chi connectivity index (χ1) is 13.4. The van der Waals surface area contributed by atoms with Crippen LogP contribution < -0.4 is 5.69 Å². The smallest absolute Gasteiger partial charge is 0.276 e. The third-order valence-electron chi connectivity index (χ3n) is 5.06. The van der Waals surface area contributed by atoms with Crippen LogP contribution in [-0.4, -0.2) is 40.2 Å². The van der Waals surface area contributed by atoms with Crippen LogP contribution in [0.1, 0.15) is 50.0 Å². The standard InChI is InChI=1S/C18H23F3N4O3S/c1-12(2)25-16(22-23(3)17(25)26)13-7-6-10-24(11-13)29(27,28)15-9-5-4-8-14(15)18(19,20)21/h4-5,8-9,12-13H,6-7,10-11H2,1-3H3. The molecule has 1 atom stereocenters. The molecule has 11 heteroatoms. The maximum Gasteiger partial charge on any atom is 0.417 e. The molecule has 7 nitrogen and oxygen atoms in total. The van der Waals surface area contributed by atoms with E-state index in [1.165, 1.54) is 22.4 Å². The molecule has 1 fully saturated rings. The van der Waals surface area contributed by atoms with Crippen LogP contribution in [0.2, 0.25) is 0 Å². The van der Waals surface area contributed by atoms with E-state index in [4.69, 9.17) is 0 Å². The van der Waals surface area contributed by atoms with Gasteiger partial charge < -0.3 is 0 Å². The van der Waals surface area contributed by atoms with Gasteiger partial charge in [0.05, 0.1) is 10.5 Å². The van der Waals surface area contributed by atoms with Gasteiger partial charge in [0.25, 0.3) is 0 Å². The zero-order valence-electron chi connectivity index (χ0n) is 16.3. The van der Waals surface area contributed by atoms with Crippen molar-refractivity contribution in [2.45, 2.75) is 49.7 Å². The normalized spacial score (nSPS) is 19.1. The number of hydrogen-bond donors (Lipinski definition) is 0. The van der Waals surface area contributed by atoms with Gasteiger partial charge in [0.2, 0.25) is 10.0 Å². The number of nitrogens with zero attached hydrogens (tertiary/aromatic N) is 4. The molecule has 2 heterocycles. The van der Waals surface area contributed by atoms with Gasteiger partial charge in [-0.15, -0.1) is 0 Å². The Morgan fingerprint density at radius 3 is 2.48 bits per heavy atom. The molecule has 1 unspecified atom stereocenters. The lowest BCUT2D eigenvalue weighted by Gasteiger charge is -2.32. The van der Waals surface area contributed by atoms with E-state index in [1.54, 1.807) is 0 Å². The average Bonchev–Trinajstić information content (AvgIpc) is 2.96. The lowest BCUT2D eigenvalue weighted by molar-refractivity contribution is -0.139. The second kappa shape index (κ2) is 7.60. The minimum Gasteiger partial charge on any atom is -0.276 e. The summed E-state index contributed by atoms with van der Waals surface area (Å²) in [5.74, 6) is 0.0735. The molecule has 1 aliphatic heterocycles. The molecule has 0 spiro atoms. The van der Waals surface area contributed by atoms with Crippen LogP contribution in [-0.2, 0) is 23.2 Å². The second-order valence-electron chi connectivity index (χ2n) is 7.42. The number of alkyl halides is 3. The van der Waals surface area contributed by atoms with Crippen LogP contribution in [0.5, 0.6) is 0 Å². The van der Waals surface area contributed by atoms with E-state index in [-0.39, 0.29) is 30.7 Å². The molecular weight excluding hydrogens is 409 g/mol. The quantitative estimate of drug-likeness (QED) is 0.745. The fourth-order valence-corrected chi connectivity index (χ4v) is 5.43. The molecule has 0 amide bonds. The summed E-state index contributed by atoms with van der Waals surface area (Å²) in [7, 11) is -2.85. The van der Waals surface area contributed by atoms with Crippen molar-refractivity contribution < 1.29 is 21.6 Å². The minimum atomic E-state index is -4.78. The van der Waals surface area contributed by atoms with E-state index in [0.717, 1.165) is 22.5 Å². The number of hydrogen-bond acceptors (Lipinski definition) is 4. The molecule has 0 saturated carbocycles. The van der Waals surface area contributed by atoms with Crippen molar-refractivity contribution in [2.75, 3.05) is 13.1 Å². The molecule has 3 rings (SSSR count). The third kappa shape index (κ3) is 3.97. The monoisotopic (exact) mass is 432 g/mol. The van der Waals surface area contributed by atoms with Crippen molar-refractivity contribution in [2.24, 2.45) is 7.05 Å². The van der Waals surface area contributed by atoms with E-state index in [9.17, 15) is 26.4 Å². The highest BCUT2D eigenvalue weighted by Gasteiger charge is 2.40. The molecule has 0 N–H and O–H groups in total. The van der Waals surface area contributed by atoms with Gasteiger partial charge in [-0.3, -0.25) is 4.57 Å². The zero-order chi connectivity index (χ0) is 21.6. The molecule has 0 bridgehead atoms. The fraction of sp³-hybridized carbons (Fsp3) is 0.556. The van der Waals surface area contributed by atoms with Crippen molar-refractivity contribution in [3.8, 4) is 0 Å². The van der Waals surface area contributed by atoms with Crippen molar-refractivity contribution in [1.29, 1.82) is 0 Å². The highest BCUT2D eigenvalue weighted by Crippen LogP contribution is 2.37. The van der Waals surface area contributed by atoms with Gasteiger partial charge in [-0.05, 0) is 38.8 Å². The Hall–Kier alpha value is -2.14. The first-order valence-corrected chi connectivity index (χ1v) is 10.7. The van der Waals surface area contributed by atoms with Crippen LogP contribution in [0.4, 0.5) is 13.2 Å². The van der Waals surface area contributed by atoms with Gasteiger partial charge in [0, 0.05) is 32.1 Å². The number of benzene rings is 1. The van der Waals surface area contributed by atoms with Gasteiger partial charge in [0.15, 0.2) is 0 Å². The Morgan fingerprint density at radius 1 is 1.21 bits per heavy atom. The summed E-state index contributed by atoms with van der Waals surface area (Å²) >= 11 is 0. The highest BCUT2D eigenvalue weighted by atomic mass is 32.2. The summed E-state index contributed by atoms with van der Waals surface area (Å²) in [6.45, 7) is 3.73. The minimum absolute atomic E-state index is 0.0301. The van der Waals surface area contributed by atoms with E-state index >= 15 is 0 Å². The Labute approximate surface area is 166 Å². The zero-order valence-corrected chi connectivity index (χ0v) is 17.2. The number of aromatic nitrogens is 3. The number of rotatable bonds is 4. The highest BCUT2D eigenvalue weighted by molar-refractivity contribution is 7.89. The van der Waals surface area contributed by atoms with Crippen molar-refractivity contribution in [3.63, 3.8) is 0 Å². The molecular formula is C18H23F3N4O3S. The van der Waals surface area contributed by atoms with E-state index in [2.05, 4.69) is 5.10 Å². The van der Waals surface area contributed by atoms with Crippen molar-refractivity contribution >= 4 is 10.0 Å². The molecule has 1 aromatic carbocycles. The van der Waals surface area contributed by atoms with Crippen LogP contribution in [0.15, 0.2) is 34.0 Å². The SMILES string of the molecule is CC(C)n1c(C2CCCN(S(=O)(=O)c3ccccc3C(F)(F)F)C2)nn(C)c1=O. The van der Waals surface area contributed by atoms with Gasteiger partial charge >= 0.3 is 11.9 Å². The Morgan fingerprint density at radius 2 is 1.86 bits per heavy atom. The Kier molecular flexibility index (Phi) is 5.65. The van der Waals surface area contributed by atoms with Gasteiger partial charge in [0.1, 0.15) is 5.82 Å². The van der Waals surface area contributed by atoms with Crippen LogP contribution in [0.25, 0.3) is 0 Å². The molecule has 29 heavy (non-hydrogen) atoms. The molecule has 0 aliphatic carbocycles. The van der Waals surface area contributed by atoms with Gasteiger partial charge in [-0.25, -0.2) is 17.9 Å². The average molecular weight is 432 g/mol. The van der Waals surface area contributed by atoms with Crippen LogP contribution in [0, 0.1) is 0 Å². The molecule has 160 valence electrons. The predicted octanol–water partition coefficient (Wildman–Crippen LogP) is 2.75. The van der Waals surface area contributed by atoms with Crippen molar-refractivity contribution in [3.05, 3.63) is 46.1 Å². The third-order valence-corrected chi connectivity index (χ3v) is 6.98. The number of piperidine rings is 1. The van der Waals surface area contributed by atoms with Crippen LogP contribution in [0.3, 0.4) is 0 Å². The van der Waals surface area contributed by atoms with E-state index < -0.39 is 26.7 Å². The molecule has 1 saturated heterocycles. The topological polar surface area (TPSA) is 77.2 Å². The lowest BCUT2D eigenvalue weighted by Crippen LogP contribution is -2.40. The summed E-state index contributed by atoms with van der Waals surface area (Å²) in [5, 5.41) is 4.27. The first kappa shape index (κ1) is 21.6. The Bertz CT molecular complexity index is 1060. The van der Waals surface area contributed by atoms with Crippen LogP contribution >= 0.6 is 0 Å². The first-order valence-electron chi connectivity index (χ1n) is 9.26. The van der Waals surface area contributed by atoms with Gasteiger partial charge in [-0.1, -0.05) is 12.1 Å². The number of aryl methyl sites for hydroxylation is 1. The summed E-state index contributed by atoms with van der Waals surface area (Å²) < 4.78 is 69.9. The lowest BCUT2D eigenvalue weighted by atomic mass is 9.98. The predicted molar refractivity (Wildman–Crippen MR) is 100 cm³/mol. The maximum atomic E-state index is 13.3. The second-order valence-corrected chi connectivity index (χ2v) is 9.33. The molecule has 0 radical (unpaired) electrons. The molecule has 1 aliphatic rings. The summed E-state index contributed by atoms with van der Waals surface area (Å²) in [6.07, 6.45) is -3.73. The number of sulfonamides is 1. The number of halogens is 3. The summed E-state index contributed by atoms with van der Waals surface area (Å²) in [4.78, 5) is 11.6. The van der Waals surface area contributed by atoms with E-state index in [1.807, 2.05) is 13.8 Å². The largest absolute Gasteiger partial charge is 0.417 e. The van der Waals surface area contributed by atoms with Crippen molar-refractivity contribution in [1.82, 2.24) is 18.7 Å². The summed E-state index contributed by atoms with van der Waals surface area (Å²) in [6, 6.07) is 4.01. The molecule has 1 aromatic heterocycles. The maximum absolute atomic E-state index is 13.3. The summed E-state index contributed by atoms with van der Waals surface area (Å²) in [5.41, 5.74) is -1.49. The fourth-order valence-electron chi connectivity index (χ4n) is 3.70.